The Hall–Kier alpha value is -1.46. The topological polar surface area (TPSA) is 50.3 Å². The normalized spacial score (nSPS) is 21.0. The maximum atomic E-state index is 12.9. The van der Waals surface area contributed by atoms with Gasteiger partial charge in [-0.25, -0.2) is 0 Å². The molecule has 0 saturated carbocycles. The van der Waals surface area contributed by atoms with E-state index in [0.717, 1.165) is 5.39 Å². The van der Waals surface area contributed by atoms with Gasteiger partial charge in [0.1, 0.15) is 0 Å². The van der Waals surface area contributed by atoms with Crippen molar-refractivity contribution in [3.63, 3.8) is 0 Å². The number of rotatable bonds is 1. The number of nitrogens with zero attached hydrogens (tertiary/aromatic N) is 2. The first-order chi connectivity index (χ1) is 10.4. The van der Waals surface area contributed by atoms with E-state index >= 15 is 0 Å². The number of pyridine rings is 1. The molecule has 1 aliphatic rings. The van der Waals surface area contributed by atoms with Crippen LogP contribution in [0.15, 0.2) is 30.5 Å². The van der Waals surface area contributed by atoms with Gasteiger partial charge in [0.15, 0.2) is 0 Å². The van der Waals surface area contributed by atoms with E-state index in [0.29, 0.717) is 34.9 Å². The highest BCUT2D eigenvalue weighted by molar-refractivity contribution is 7.86. The minimum absolute atomic E-state index is 0.0786. The first-order valence-electron chi connectivity index (χ1n) is 7.11. The molecule has 1 fully saturated rings. The van der Waals surface area contributed by atoms with Crippen molar-refractivity contribution in [2.24, 2.45) is 0 Å². The minimum Gasteiger partial charge on any atom is -0.336 e. The fourth-order valence-electron chi connectivity index (χ4n) is 2.73. The Kier molecular flexibility index (Phi) is 3.95. The van der Waals surface area contributed by atoms with Gasteiger partial charge in [-0.15, -0.1) is 0 Å². The number of carbonyl (C=O) groups excluding carboxylic acids is 1. The lowest BCUT2D eigenvalue weighted by Gasteiger charge is -2.37. The molecular weight excluding hydrogens is 320 g/mol. The van der Waals surface area contributed by atoms with Crippen molar-refractivity contribution >= 4 is 39.2 Å². The van der Waals surface area contributed by atoms with Gasteiger partial charge < -0.3 is 4.90 Å². The van der Waals surface area contributed by atoms with Crippen molar-refractivity contribution in [1.29, 1.82) is 0 Å². The summed E-state index contributed by atoms with van der Waals surface area (Å²) in [7, 11) is -0.906. The molecule has 0 radical (unpaired) electrons. The summed E-state index contributed by atoms with van der Waals surface area (Å²) in [5.41, 5.74) is 1.16. The third kappa shape index (κ3) is 2.63. The van der Waals surface area contributed by atoms with Crippen LogP contribution in [0.2, 0.25) is 5.02 Å². The van der Waals surface area contributed by atoms with Crippen LogP contribution in [0.1, 0.15) is 24.2 Å². The van der Waals surface area contributed by atoms with Crippen LogP contribution in [0.4, 0.5) is 0 Å². The standard InChI is InChI=1S/C16H17ClN2O2S/c1-16(2)10-19(8-9-22(16)21)15(20)12-5-6-13(17)11-4-3-7-18-14(11)12/h3-7H,8-10H2,1-2H3/t22-/m0/s1. The molecule has 1 aromatic carbocycles. The van der Waals surface area contributed by atoms with Crippen LogP contribution in [-0.2, 0) is 10.8 Å². The molecule has 3 rings (SSSR count). The largest absolute Gasteiger partial charge is 0.336 e. The molecule has 0 unspecified atom stereocenters. The molecule has 0 bridgehead atoms. The summed E-state index contributed by atoms with van der Waals surface area (Å²) in [6, 6.07) is 7.11. The van der Waals surface area contributed by atoms with Gasteiger partial charge in [-0.1, -0.05) is 11.6 Å². The molecule has 4 nitrogen and oxygen atoms in total. The van der Waals surface area contributed by atoms with E-state index in [1.54, 1.807) is 29.3 Å². The average molecular weight is 337 g/mol. The number of aromatic nitrogens is 1. The van der Waals surface area contributed by atoms with Crippen molar-refractivity contribution in [1.82, 2.24) is 9.88 Å². The summed E-state index contributed by atoms with van der Waals surface area (Å²) in [5, 5.41) is 1.36. The van der Waals surface area contributed by atoms with Crippen LogP contribution >= 0.6 is 11.6 Å². The van der Waals surface area contributed by atoms with Gasteiger partial charge in [0.25, 0.3) is 5.91 Å². The number of hydrogen-bond donors (Lipinski definition) is 0. The van der Waals surface area contributed by atoms with E-state index < -0.39 is 10.8 Å². The van der Waals surface area contributed by atoms with E-state index in [9.17, 15) is 9.00 Å². The molecule has 22 heavy (non-hydrogen) atoms. The summed E-state index contributed by atoms with van der Waals surface area (Å²) in [6.07, 6.45) is 1.66. The summed E-state index contributed by atoms with van der Waals surface area (Å²) in [5.74, 6) is 0.433. The molecule has 1 amide bonds. The predicted octanol–water partition coefficient (Wildman–Crippen LogP) is 2.87. The van der Waals surface area contributed by atoms with Gasteiger partial charge in [0, 0.05) is 41.2 Å². The molecule has 116 valence electrons. The van der Waals surface area contributed by atoms with Crippen LogP contribution < -0.4 is 0 Å². The van der Waals surface area contributed by atoms with Crippen molar-refractivity contribution in [3.8, 4) is 0 Å². The maximum Gasteiger partial charge on any atom is 0.256 e. The molecule has 1 aromatic heterocycles. The quantitative estimate of drug-likeness (QED) is 0.804. The summed E-state index contributed by atoms with van der Waals surface area (Å²) in [6.45, 7) is 4.85. The third-order valence-corrected chi connectivity index (χ3v) is 6.21. The maximum absolute atomic E-state index is 12.9. The zero-order valence-electron chi connectivity index (χ0n) is 12.5. The lowest BCUT2D eigenvalue weighted by atomic mass is 10.1. The molecule has 6 heteroatoms. The Balaban J connectivity index is 2.00. The molecular formula is C16H17ClN2O2S. The molecule has 0 aliphatic carbocycles. The van der Waals surface area contributed by atoms with Crippen molar-refractivity contribution < 1.29 is 9.00 Å². The van der Waals surface area contributed by atoms with E-state index in [1.165, 1.54) is 0 Å². The Bertz CT molecular complexity index is 776. The second-order valence-electron chi connectivity index (χ2n) is 6.03. The van der Waals surface area contributed by atoms with Crippen LogP contribution in [0, 0.1) is 0 Å². The van der Waals surface area contributed by atoms with Gasteiger partial charge in [0.05, 0.1) is 20.8 Å². The van der Waals surface area contributed by atoms with Crippen molar-refractivity contribution in [2.45, 2.75) is 18.6 Å². The lowest BCUT2D eigenvalue weighted by Crippen LogP contribution is -2.52. The fourth-order valence-corrected chi connectivity index (χ4v) is 4.19. The van der Waals surface area contributed by atoms with Gasteiger partial charge in [-0.05, 0) is 38.1 Å². The molecule has 1 saturated heterocycles. The molecule has 1 atom stereocenters. The number of fused-ring (bicyclic) bond motifs is 1. The number of halogens is 1. The molecule has 2 aromatic rings. The highest BCUT2D eigenvalue weighted by Gasteiger charge is 2.35. The zero-order chi connectivity index (χ0) is 15.9. The summed E-state index contributed by atoms with van der Waals surface area (Å²) in [4.78, 5) is 18.9. The SMILES string of the molecule is CC1(C)CN(C(=O)c2ccc(Cl)c3cccnc23)CC[S@@]1=O. The molecule has 0 spiro atoms. The number of amides is 1. The highest BCUT2D eigenvalue weighted by Crippen LogP contribution is 2.27. The monoisotopic (exact) mass is 336 g/mol. The van der Waals surface area contributed by atoms with E-state index in [1.807, 2.05) is 19.9 Å². The molecule has 2 heterocycles. The van der Waals surface area contributed by atoms with Crippen LogP contribution in [0.25, 0.3) is 10.9 Å². The second kappa shape index (κ2) is 5.63. The van der Waals surface area contributed by atoms with Crippen molar-refractivity contribution in [3.05, 3.63) is 41.0 Å². The molecule has 1 aliphatic heterocycles. The van der Waals surface area contributed by atoms with Crippen LogP contribution in [0.5, 0.6) is 0 Å². The minimum atomic E-state index is -0.906. The van der Waals surface area contributed by atoms with E-state index in [2.05, 4.69) is 4.98 Å². The third-order valence-electron chi connectivity index (χ3n) is 3.97. The van der Waals surface area contributed by atoms with Crippen LogP contribution in [-0.4, -0.2) is 43.6 Å². The molecule has 0 N–H and O–H groups in total. The zero-order valence-corrected chi connectivity index (χ0v) is 14.1. The Morgan fingerprint density at radius 1 is 1.36 bits per heavy atom. The first-order valence-corrected chi connectivity index (χ1v) is 8.81. The summed E-state index contributed by atoms with van der Waals surface area (Å²) >= 11 is 6.18. The van der Waals surface area contributed by atoms with Gasteiger partial charge in [-0.2, -0.15) is 0 Å². The smallest absolute Gasteiger partial charge is 0.256 e. The Labute approximate surface area is 136 Å². The van der Waals surface area contributed by atoms with Gasteiger partial charge in [-0.3, -0.25) is 14.0 Å². The predicted molar refractivity (Wildman–Crippen MR) is 89.7 cm³/mol. The lowest BCUT2D eigenvalue weighted by molar-refractivity contribution is 0.0747. The number of carbonyl (C=O) groups is 1. The summed E-state index contributed by atoms with van der Waals surface area (Å²) < 4.78 is 11.6. The first kappa shape index (κ1) is 15.4. The van der Waals surface area contributed by atoms with Gasteiger partial charge in [0.2, 0.25) is 0 Å². The van der Waals surface area contributed by atoms with E-state index in [4.69, 9.17) is 11.6 Å². The fraction of sp³-hybridized carbons (Fsp3) is 0.375. The Morgan fingerprint density at radius 2 is 2.14 bits per heavy atom. The van der Waals surface area contributed by atoms with E-state index in [-0.39, 0.29) is 10.7 Å². The van der Waals surface area contributed by atoms with Crippen LogP contribution in [0.3, 0.4) is 0 Å². The second-order valence-corrected chi connectivity index (χ2v) is 8.64. The van der Waals surface area contributed by atoms with Gasteiger partial charge >= 0.3 is 0 Å². The Morgan fingerprint density at radius 3 is 2.86 bits per heavy atom. The van der Waals surface area contributed by atoms with Crippen molar-refractivity contribution in [2.75, 3.05) is 18.8 Å². The average Bonchev–Trinajstić information content (AvgIpc) is 2.50. The highest BCUT2D eigenvalue weighted by atomic mass is 35.5. The number of benzene rings is 1. The number of hydrogen-bond acceptors (Lipinski definition) is 3.